The molecule has 0 aromatic heterocycles. The van der Waals surface area contributed by atoms with Crippen molar-refractivity contribution in [3.05, 3.63) is 54.1 Å². The average molecular weight is 388 g/mol. The van der Waals surface area contributed by atoms with Gasteiger partial charge in [0.25, 0.3) is 0 Å². The van der Waals surface area contributed by atoms with E-state index in [4.69, 9.17) is 4.74 Å². The van der Waals surface area contributed by atoms with E-state index in [9.17, 15) is 13.2 Å². The van der Waals surface area contributed by atoms with Crippen LogP contribution in [-0.4, -0.2) is 38.8 Å². The molecule has 1 N–H and O–H groups in total. The third-order valence-corrected chi connectivity index (χ3v) is 6.53. The van der Waals surface area contributed by atoms with Crippen molar-refractivity contribution in [2.45, 2.75) is 30.6 Å². The summed E-state index contributed by atoms with van der Waals surface area (Å²) in [6, 6.07) is 14.0. The highest BCUT2D eigenvalue weighted by molar-refractivity contribution is 7.89. The highest BCUT2D eigenvalue weighted by Crippen LogP contribution is 2.21. The maximum atomic E-state index is 12.5. The van der Waals surface area contributed by atoms with Gasteiger partial charge in [0.1, 0.15) is 5.75 Å². The third kappa shape index (κ3) is 4.87. The molecule has 27 heavy (non-hydrogen) atoms. The maximum Gasteiger partial charge on any atom is 0.243 e. The van der Waals surface area contributed by atoms with Crippen LogP contribution in [0.1, 0.15) is 24.8 Å². The fourth-order valence-corrected chi connectivity index (χ4v) is 4.60. The number of aryl methyl sites for hydroxylation is 1. The molecular formula is C20H24N2O4S. The van der Waals surface area contributed by atoms with Crippen molar-refractivity contribution in [1.82, 2.24) is 4.31 Å². The molecule has 2 aromatic rings. The molecule has 0 unspecified atom stereocenters. The lowest BCUT2D eigenvalue weighted by atomic mass is 10.1. The van der Waals surface area contributed by atoms with E-state index in [1.807, 2.05) is 12.1 Å². The molecule has 6 nitrogen and oxygen atoms in total. The molecule has 0 aliphatic carbocycles. The standard InChI is InChI=1S/C20H24N2O4S/c1-26-18-6-4-5-17(15-18)21-20(23)12-9-16-7-10-19(11-8-16)27(24,25)22-13-2-3-14-22/h4-8,10-11,15H,2-3,9,12-14H2,1H3,(H,21,23). The highest BCUT2D eigenvalue weighted by atomic mass is 32.2. The van der Waals surface area contributed by atoms with Gasteiger partial charge in [-0.15, -0.1) is 0 Å². The molecule has 1 amide bonds. The molecule has 0 radical (unpaired) electrons. The Labute approximate surface area is 160 Å². The monoisotopic (exact) mass is 388 g/mol. The van der Waals surface area contributed by atoms with Crippen LogP contribution in [-0.2, 0) is 21.2 Å². The predicted octanol–water partition coefficient (Wildman–Crippen LogP) is 3.05. The lowest BCUT2D eigenvalue weighted by Gasteiger charge is -2.15. The van der Waals surface area contributed by atoms with E-state index in [1.165, 1.54) is 4.31 Å². The molecule has 0 atom stereocenters. The minimum absolute atomic E-state index is 0.1000. The van der Waals surface area contributed by atoms with Gasteiger partial charge in [-0.3, -0.25) is 4.79 Å². The second kappa shape index (κ2) is 8.54. The number of benzene rings is 2. The van der Waals surface area contributed by atoms with E-state index in [1.54, 1.807) is 43.5 Å². The largest absolute Gasteiger partial charge is 0.497 e. The summed E-state index contributed by atoms with van der Waals surface area (Å²) < 4.78 is 31.7. The van der Waals surface area contributed by atoms with Crippen molar-refractivity contribution in [1.29, 1.82) is 0 Å². The molecule has 1 saturated heterocycles. The molecule has 1 heterocycles. The Hall–Kier alpha value is -2.38. The highest BCUT2D eigenvalue weighted by Gasteiger charge is 2.26. The molecule has 144 valence electrons. The van der Waals surface area contributed by atoms with Crippen molar-refractivity contribution in [2.75, 3.05) is 25.5 Å². The quantitative estimate of drug-likeness (QED) is 0.791. The number of amides is 1. The molecule has 0 spiro atoms. The van der Waals surface area contributed by atoms with Crippen molar-refractivity contribution in [3.8, 4) is 5.75 Å². The second-order valence-corrected chi connectivity index (χ2v) is 8.47. The molecule has 7 heteroatoms. The Morgan fingerprint density at radius 3 is 2.48 bits per heavy atom. The normalized spacial score (nSPS) is 14.9. The number of methoxy groups -OCH3 is 1. The molecule has 0 bridgehead atoms. The van der Waals surface area contributed by atoms with Gasteiger partial charge in [-0.1, -0.05) is 18.2 Å². The molecule has 3 rings (SSSR count). The van der Waals surface area contributed by atoms with E-state index in [-0.39, 0.29) is 5.91 Å². The molecule has 2 aromatic carbocycles. The van der Waals surface area contributed by atoms with Gasteiger partial charge in [-0.05, 0) is 49.1 Å². The number of hydrogen-bond acceptors (Lipinski definition) is 4. The summed E-state index contributed by atoms with van der Waals surface area (Å²) in [5, 5.41) is 2.84. The van der Waals surface area contributed by atoms with E-state index >= 15 is 0 Å². The number of nitrogens with zero attached hydrogens (tertiary/aromatic N) is 1. The Kier molecular flexibility index (Phi) is 6.13. The topological polar surface area (TPSA) is 75.7 Å². The Balaban J connectivity index is 1.56. The van der Waals surface area contributed by atoms with Crippen LogP contribution in [0.15, 0.2) is 53.4 Å². The summed E-state index contributed by atoms with van der Waals surface area (Å²) in [5.74, 6) is 0.583. The first-order valence-electron chi connectivity index (χ1n) is 9.02. The maximum absolute atomic E-state index is 12.5. The Morgan fingerprint density at radius 2 is 1.81 bits per heavy atom. The number of nitrogens with one attached hydrogen (secondary N) is 1. The van der Waals surface area contributed by atoms with Gasteiger partial charge >= 0.3 is 0 Å². The summed E-state index contributed by atoms with van der Waals surface area (Å²) in [6.07, 6.45) is 2.69. The fraction of sp³-hybridized carbons (Fsp3) is 0.350. The number of carbonyl (C=O) groups excluding carboxylic acids is 1. The average Bonchev–Trinajstić information content (AvgIpc) is 3.22. The third-order valence-electron chi connectivity index (χ3n) is 4.62. The first-order chi connectivity index (χ1) is 13.0. The summed E-state index contributed by atoms with van der Waals surface area (Å²) in [7, 11) is -1.81. The molecule has 1 aliphatic heterocycles. The molecular weight excluding hydrogens is 364 g/mol. The first-order valence-corrected chi connectivity index (χ1v) is 10.5. The van der Waals surface area contributed by atoms with Gasteiger partial charge in [0.15, 0.2) is 0 Å². The smallest absolute Gasteiger partial charge is 0.243 e. The van der Waals surface area contributed by atoms with E-state index in [0.29, 0.717) is 42.3 Å². The summed E-state index contributed by atoms with van der Waals surface area (Å²) in [5.41, 5.74) is 1.61. The second-order valence-electron chi connectivity index (χ2n) is 6.54. The van der Waals surface area contributed by atoms with Crippen molar-refractivity contribution < 1.29 is 17.9 Å². The van der Waals surface area contributed by atoms with Gasteiger partial charge < -0.3 is 10.1 Å². The summed E-state index contributed by atoms with van der Waals surface area (Å²) >= 11 is 0. The Morgan fingerprint density at radius 1 is 1.11 bits per heavy atom. The van der Waals surface area contributed by atoms with Crippen molar-refractivity contribution in [3.63, 3.8) is 0 Å². The van der Waals surface area contributed by atoms with Gasteiger partial charge in [-0.2, -0.15) is 4.31 Å². The first kappa shape index (κ1) is 19.4. The molecule has 1 fully saturated rings. The van der Waals surface area contributed by atoms with Crippen LogP contribution in [0.2, 0.25) is 0 Å². The van der Waals surface area contributed by atoms with Crippen LogP contribution >= 0.6 is 0 Å². The van der Waals surface area contributed by atoms with Crippen LogP contribution in [0.4, 0.5) is 5.69 Å². The lowest BCUT2D eigenvalue weighted by molar-refractivity contribution is -0.116. The van der Waals surface area contributed by atoms with Crippen molar-refractivity contribution in [2.24, 2.45) is 0 Å². The SMILES string of the molecule is COc1cccc(NC(=O)CCc2ccc(S(=O)(=O)N3CCCC3)cc2)c1. The number of ether oxygens (including phenoxy) is 1. The number of carbonyl (C=O) groups is 1. The van der Waals surface area contributed by atoms with Crippen LogP contribution < -0.4 is 10.1 Å². The van der Waals surface area contributed by atoms with Crippen LogP contribution in [0.3, 0.4) is 0 Å². The van der Waals surface area contributed by atoms with Crippen LogP contribution in [0.25, 0.3) is 0 Å². The predicted molar refractivity (Wildman–Crippen MR) is 104 cm³/mol. The number of rotatable bonds is 7. The minimum atomic E-state index is -3.39. The zero-order chi connectivity index (χ0) is 19.3. The van der Waals surface area contributed by atoms with E-state index < -0.39 is 10.0 Å². The van der Waals surface area contributed by atoms with E-state index in [0.717, 1.165) is 18.4 Å². The van der Waals surface area contributed by atoms with Crippen molar-refractivity contribution >= 4 is 21.6 Å². The zero-order valence-electron chi connectivity index (χ0n) is 15.3. The van der Waals surface area contributed by atoms with Gasteiger partial charge in [0.05, 0.1) is 12.0 Å². The minimum Gasteiger partial charge on any atom is -0.497 e. The molecule has 0 saturated carbocycles. The summed E-state index contributed by atoms with van der Waals surface area (Å²) in [4.78, 5) is 12.4. The lowest BCUT2D eigenvalue weighted by Crippen LogP contribution is -2.27. The number of hydrogen-bond donors (Lipinski definition) is 1. The number of anilines is 1. The Bertz CT molecular complexity index is 888. The molecule has 1 aliphatic rings. The number of sulfonamides is 1. The fourth-order valence-electron chi connectivity index (χ4n) is 3.09. The van der Waals surface area contributed by atoms with Crippen LogP contribution in [0.5, 0.6) is 5.75 Å². The van der Waals surface area contributed by atoms with Gasteiger partial charge in [-0.25, -0.2) is 8.42 Å². The van der Waals surface area contributed by atoms with E-state index in [2.05, 4.69) is 5.32 Å². The van der Waals surface area contributed by atoms with Gasteiger partial charge in [0.2, 0.25) is 15.9 Å². The zero-order valence-corrected chi connectivity index (χ0v) is 16.2. The van der Waals surface area contributed by atoms with Gasteiger partial charge in [0, 0.05) is 31.3 Å². The van der Waals surface area contributed by atoms with Crippen LogP contribution in [0, 0.1) is 0 Å². The summed E-state index contributed by atoms with van der Waals surface area (Å²) in [6.45, 7) is 1.18.